The molecular formula is C21H26N2O4. The highest BCUT2D eigenvalue weighted by atomic mass is 16.5. The second-order valence-electron chi connectivity index (χ2n) is 7.76. The van der Waals surface area contributed by atoms with E-state index in [1.54, 1.807) is 6.92 Å². The quantitative estimate of drug-likeness (QED) is 0.835. The van der Waals surface area contributed by atoms with Gasteiger partial charge in [0.2, 0.25) is 0 Å². The molecule has 2 fully saturated rings. The average Bonchev–Trinajstić information content (AvgIpc) is 3.21. The lowest BCUT2D eigenvalue weighted by Crippen LogP contribution is -2.40. The predicted molar refractivity (Wildman–Crippen MR) is 103 cm³/mol. The molecule has 3 heterocycles. The molecule has 0 saturated carbocycles. The minimum atomic E-state index is -0.585. The molecule has 6 nitrogen and oxygen atoms in total. The molecule has 144 valence electrons. The number of amides is 1. The summed E-state index contributed by atoms with van der Waals surface area (Å²) in [5, 5.41) is 4.17. The summed E-state index contributed by atoms with van der Waals surface area (Å²) in [6.45, 7) is 9.29. The van der Waals surface area contributed by atoms with Gasteiger partial charge in [-0.25, -0.2) is 4.79 Å². The molecule has 0 bridgehead atoms. The van der Waals surface area contributed by atoms with Crippen molar-refractivity contribution in [2.24, 2.45) is 11.8 Å². The van der Waals surface area contributed by atoms with Crippen molar-refractivity contribution < 1.29 is 13.9 Å². The number of carbonyl (C=O) groups excluding carboxylic acids is 1. The largest absolute Gasteiger partial charge is 0.480 e. The van der Waals surface area contributed by atoms with E-state index < -0.39 is 6.10 Å². The molecular weight excluding hydrogens is 344 g/mol. The maximum Gasteiger partial charge on any atom is 0.336 e. The number of fused-ring (bicyclic) bond motifs is 2. The summed E-state index contributed by atoms with van der Waals surface area (Å²) in [7, 11) is 0. The van der Waals surface area contributed by atoms with Crippen molar-refractivity contribution in [3.05, 3.63) is 39.7 Å². The van der Waals surface area contributed by atoms with E-state index in [4.69, 9.17) is 9.15 Å². The molecule has 4 rings (SSSR count). The summed E-state index contributed by atoms with van der Waals surface area (Å²) >= 11 is 0. The zero-order valence-corrected chi connectivity index (χ0v) is 16.1. The lowest BCUT2D eigenvalue weighted by atomic mass is 10.0. The number of aryl methyl sites for hydroxylation is 2. The maximum absolute atomic E-state index is 12.9. The molecule has 2 aliphatic rings. The summed E-state index contributed by atoms with van der Waals surface area (Å²) in [5.41, 5.74) is 1.95. The fourth-order valence-electron chi connectivity index (χ4n) is 4.38. The van der Waals surface area contributed by atoms with Crippen LogP contribution in [0.3, 0.4) is 0 Å². The van der Waals surface area contributed by atoms with E-state index in [0.717, 1.165) is 42.7 Å². The molecule has 0 aliphatic carbocycles. The Morgan fingerprint density at radius 2 is 2.00 bits per heavy atom. The molecule has 0 spiro atoms. The number of ether oxygens (including phenoxy) is 1. The van der Waals surface area contributed by atoms with E-state index in [-0.39, 0.29) is 11.5 Å². The van der Waals surface area contributed by atoms with Gasteiger partial charge < -0.3 is 19.4 Å². The van der Waals surface area contributed by atoms with Crippen LogP contribution >= 0.6 is 0 Å². The molecule has 0 radical (unpaired) electrons. The zero-order chi connectivity index (χ0) is 19.1. The second-order valence-corrected chi connectivity index (χ2v) is 7.76. The SMILES string of the molecule is CCc1cc(=O)oc2cc(C)cc(OC(C)C(=O)N3C[C@H]4CNC[C@H]4C3)c12. The van der Waals surface area contributed by atoms with Crippen LogP contribution in [-0.4, -0.2) is 43.1 Å². The maximum atomic E-state index is 12.9. The van der Waals surface area contributed by atoms with E-state index in [0.29, 0.717) is 29.6 Å². The summed E-state index contributed by atoms with van der Waals surface area (Å²) < 4.78 is 11.5. The van der Waals surface area contributed by atoms with Crippen LogP contribution in [0.4, 0.5) is 0 Å². The summed E-state index contributed by atoms with van der Waals surface area (Å²) in [6.07, 6.45) is 0.102. The van der Waals surface area contributed by atoms with Gasteiger partial charge in [-0.1, -0.05) is 6.92 Å². The summed E-state index contributed by atoms with van der Waals surface area (Å²) in [5.74, 6) is 1.74. The summed E-state index contributed by atoms with van der Waals surface area (Å²) in [6, 6.07) is 5.25. The zero-order valence-electron chi connectivity index (χ0n) is 16.1. The highest BCUT2D eigenvalue weighted by Crippen LogP contribution is 2.32. The normalized spacial score (nSPS) is 22.9. The first kappa shape index (κ1) is 18.0. The highest BCUT2D eigenvalue weighted by molar-refractivity contribution is 5.88. The van der Waals surface area contributed by atoms with Crippen molar-refractivity contribution in [1.29, 1.82) is 0 Å². The Labute approximate surface area is 158 Å². The van der Waals surface area contributed by atoms with Gasteiger partial charge in [-0.15, -0.1) is 0 Å². The predicted octanol–water partition coefficient (Wildman–Crippen LogP) is 2.11. The van der Waals surface area contributed by atoms with Gasteiger partial charge in [-0.05, 0) is 55.4 Å². The van der Waals surface area contributed by atoms with Crippen LogP contribution in [0.25, 0.3) is 11.0 Å². The number of likely N-dealkylation sites (tertiary alicyclic amines) is 1. The number of hydrogen-bond acceptors (Lipinski definition) is 5. The lowest BCUT2D eigenvalue weighted by Gasteiger charge is -2.23. The first-order valence-electron chi connectivity index (χ1n) is 9.69. The van der Waals surface area contributed by atoms with Crippen LogP contribution < -0.4 is 15.7 Å². The minimum Gasteiger partial charge on any atom is -0.480 e. The number of hydrogen-bond donors (Lipinski definition) is 1. The Bertz CT molecular complexity index is 924. The third-order valence-corrected chi connectivity index (χ3v) is 5.77. The number of nitrogens with zero attached hydrogens (tertiary/aromatic N) is 1. The van der Waals surface area contributed by atoms with Gasteiger partial charge in [0.05, 0.1) is 5.39 Å². The van der Waals surface area contributed by atoms with Gasteiger partial charge in [0.15, 0.2) is 6.10 Å². The van der Waals surface area contributed by atoms with Gasteiger partial charge >= 0.3 is 5.63 Å². The minimum absolute atomic E-state index is 0.0227. The molecule has 2 aliphatic heterocycles. The van der Waals surface area contributed by atoms with Gasteiger partial charge in [0.25, 0.3) is 5.91 Å². The van der Waals surface area contributed by atoms with Crippen molar-refractivity contribution in [2.45, 2.75) is 33.3 Å². The Balaban J connectivity index is 1.61. The van der Waals surface area contributed by atoms with Crippen molar-refractivity contribution in [3.8, 4) is 5.75 Å². The Morgan fingerprint density at radius 1 is 1.30 bits per heavy atom. The van der Waals surface area contributed by atoms with Crippen LogP contribution in [0.2, 0.25) is 0 Å². The van der Waals surface area contributed by atoms with Crippen molar-refractivity contribution in [1.82, 2.24) is 10.2 Å². The molecule has 1 amide bonds. The van der Waals surface area contributed by atoms with E-state index in [1.165, 1.54) is 6.07 Å². The molecule has 1 aromatic carbocycles. The van der Waals surface area contributed by atoms with Crippen molar-refractivity contribution >= 4 is 16.9 Å². The molecule has 1 N–H and O–H groups in total. The number of carbonyl (C=O) groups is 1. The molecule has 1 aromatic heterocycles. The Hall–Kier alpha value is -2.34. The third kappa shape index (κ3) is 3.34. The second kappa shape index (κ2) is 7.00. The number of rotatable bonds is 4. The lowest BCUT2D eigenvalue weighted by molar-refractivity contribution is -0.137. The Kier molecular flexibility index (Phi) is 4.68. The van der Waals surface area contributed by atoms with Crippen LogP contribution in [0.15, 0.2) is 27.4 Å². The molecule has 3 atom stereocenters. The van der Waals surface area contributed by atoms with Crippen molar-refractivity contribution in [2.75, 3.05) is 26.2 Å². The monoisotopic (exact) mass is 370 g/mol. The van der Waals surface area contributed by atoms with Gasteiger partial charge in [-0.2, -0.15) is 0 Å². The molecule has 6 heteroatoms. The summed E-state index contributed by atoms with van der Waals surface area (Å²) in [4.78, 5) is 26.7. The van der Waals surface area contributed by atoms with E-state index in [2.05, 4.69) is 5.32 Å². The van der Waals surface area contributed by atoms with Gasteiger partial charge in [0, 0.05) is 32.2 Å². The highest BCUT2D eigenvalue weighted by Gasteiger charge is 2.39. The average molecular weight is 370 g/mol. The van der Waals surface area contributed by atoms with Crippen LogP contribution in [0, 0.1) is 18.8 Å². The smallest absolute Gasteiger partial charge is 0.336 e. The standard InChI is InChI=1S/C21H26N2O4/c1-4-14-7-19(24)27-18-6-12(2)5-17(20(14)18)26-13(3)21(25)23-10-15-8-22-9-16(15)11-23/h5-7,13,15-16,22H,4,8-11H2,1-3H3/t13?,15-,16+. The molecule has 2 saturated heterocycles. The molecule has 27 heavy (non-hydrogen) atoms. The fourth-order valence-corrected chi connectivity index (χ4v) is 4.38. The molecule has 1 unspecified atom stereocenters. The van der Waals surface area contributed by atoms with E-state index in [9.17, 15) is 9.59 Å². The fraction of sp³-hybridized carbons (Fsp3) is 0.524. The molecule has 2 aromatic rings. The van der Waals surface area contributed by atoms with Gasteiger partial charge in [-0.3, -0.25) is 4.79 Å². The van der Waals surface area contributed by atoms with Crippen molar-refractivity contribution in [3.63, 3.8) is 0 Å². The topological polar surface area (TPSA) is 71.8 Å². The van der Waals surface area contributed by atoms with Gasteiger partial charge in [0.1, 0.15) is 11.3 Å². The van der Waals surface area contributed by atoms with Crippen LogP contribution in [0.5, 0.6) is 5.75 Å². The number of nitrogens with one attached hydrogen (secondary N) is 1. The number of benzene rings is 1. The van der Waals surface area contributed by atoms with E-state index in [1.807, 2.05) is 30.9 Å². The van der Waals surface area contributed by atoms with Crippen LogP contribution in [-0.2, 0) is 11.2 Å². The van der Waals surface area contributed by atoms with Crippen LogP contribution in [0.1, 0.15) is 25.0 Å². The first-order valence-corrected chi connectivity index (χ1v) is 9.69. The Morgan fingerprint density at radius 3 is 2.67 bits per heavy atom. The van der Waals surface area contributed by atoms with E-state index >= 15 is 0 Å². The third-order valence-electron chi connectivity index (χ3n) is 5.77. The first-order chi connectivity index (χ1) is 13.0.